The number of hydrogen-bond acceptors (Lipinski definition) is 4. The summed E-state index contributed by atoms with van der Waals surface area (Å²) in [5.41, 5.74) is 0.408. The molecule has 0 radical (unpaired) electrons. The van der Waals surface area contributed by atoms with Crippen LogP contribution in [0, 0.1) is 10.1 Å². The Kier molecular flexibility index (Phi) is 5.57. The lowest BCUT2D eigenvalue weighted by molar-refractivity contribution is -0.384. The van der Waals surface area contributed by atoms with Crippen molar-refractivity contribution >= 4 is 38.2 Å². The molecular formula is C17H13ClF3N3O4S. The van der Waals surface area contributed by atoms with E-state index in [4.69, 9.17) is 11.6 Å². The van der Waals surface area contributed by atoms with E-state index in [0.717, 1.165) is 18.2 Å². The summed E-state index contributed by atoms with van der Waals surface area (Å²) in [6.07, 6.45) is -4.16. The van der Waals surface area contributed by atoms with Gasteiger partial charge in [0.25, 0.3) is 5.69 Å². The molecule has 12 heteroatoms. The summed E-state index contributed by atoms with van der Waals surface area (Å²) in [5, 5.41) is 10.7. The lowest BCUT2D eigenvalue weighted by Gasteiger charge is -2.21. The number of hydrogen-bond donors (Lipinski definition) is 2. The number of nitrogens with one attached hydrogen (secondary N) is 2. The first-order valence-corrected chi connectivity index (χ1v) is 9.93. The van der Waals surface area contributed by atoms with Crippen molar-refractivity contribution in [3.63, 3.8) is 0 Å². The van der Waals surface area contributed by atoms with E-state index in [1.165, 1.54) is 6.20 Å². The van der Waals surface area contributed by atoms with Gasteiger partial charge in [0.2, 0.25) is 10.0 Å². The van der Waals surface area contributed by atoms with Crippen molar-refractivity contribution in [2.45, 2.75) is 23.5 Å². The quantitative estimate of drug-likeness (QED) is 0.436. The third-order valence-electron chi connectivity index (χ3n) is 4.21. The van der Waals surface area contributed by atoms with Crippen molar-refractivity contribution in [2.24, 2.45) is 0 Å². The molecule has 0 saturated carbocycles. The number of sulfonamides is 1. The zero-order chi connectivity index (χ0) is 21.4. The molecule has 1 unspecified atom stereocenters. The molecular weight excluding hydrogens is 435 g/mol. The minimum atomic E-state index is -4.89. The lowest BCUT2D eigenvalue weighted by Crippen LogP contribution is -2.46. The number of benzene rings is 2. The maximum atomic E-state index is 13.6. The Hall–Kier alpha value is -2.63. The Bertz CT molecular complexity index is 1180. The van der Waals surface area contributed by atoms with Crippen LogP contribution in [0.5, 0.6) is 0 Å². The number of non-ortho nitro benzene ring substituents is 1. The molecule has 0 fully saturated rings. The van der Waals surface area contributed by atoms with Gasteiger partial charge < -0.3 is 4.98 Å². The predicted octanol–water partition coefficient (Wildman–Crippen LogP) is 4.18. The molecule has 0 spiro atoms. The Morgan fingerprint density at radius 3 is 2.52 bits per heavy atom. The molecule has 0 aliphatic rings. The van der Waals surface area contributed by atoms with E-state index in [2.05, 4.69) is 4.98 Å². The molecule has 1 atom stereocenters. The van der Waals surface area contributed by atoms with Crippen LogP contribution in [0.25, 0.3) is 10.9 Å². The van der Waals surface area contributed by atoms with E-state index in [1.807, 2.05) is 0 Å². The molecule has 0 aliphatic heterocycles. The van der Waals surface area contributed by atoms with Gasteiger partial charge in [-0.3, -0.25) is 10.1 Å². The molecule has 1 aromatic heterocycles. The Morgan fingerprint density at radius 1 is 1.21 bits per heavy atom. The van der Waals surface area contributed by atoms with E-state index in [0.29, 0.717) is 10.9 Å². The van der Waals surface area contributed by atoms with E-state index in [1.54, 1.807) is 29.0 Å². The molecule has 0 bridgehead atoms. The Balaban J connectivity index is 1.93. The molecule has 2 aromatic carbocycles. The fraction of sp³-hybridized carbons (Fsp3) is 0.176. The topological polar surface area (TPSA) is 105 Å². The SMILES string of the molecule is O=[N+]([O-])c1ccc(S(=O)(=O)NC(Cc2c[nH]c3ccccc23)C(F)(F)F)c(Cl)c1. The molecule has 0 aliphatic carbocycles. The van der Waals surface area contributed by atoms with Gasteiger partial charge in [-0.05, 0) is 24.1 Å². The first-order valence-electron chi connectivity index (χ1n) is 8.07. The van der Waals surface area contributed by atoms with Crippen molar-refractivity contribution in [3.8, 4) is 0 Å². The van der Waals surface area contributed by atoms with Crippen LogP contribution in [0.2, 0.25) is 5.02 Å². The summed E-state index contributed by atoms with van der Waals surface area (Å²) in [6.45, 7) is 0. The molecule has 0 saturated heterocycles. The monoisotopic (exact) mass is 447 g/mol. The van der Waals surface area contributed by atoms with E-state index in [-0.39, 0.29) is 5.56 Å². The fourth-order valence-electron chi connectivity index (χ4n) is 2.82. The molecule has 29 heavy (non-hydrogen) atoms. The summed E-state index contributed by atoms with van der Waals surface area (Å²) >= 11 is 5.77. The summed E-state index contributed by atoms with van der Waals surface area (Å²) in [4.78, 5) is 12.1. The van der Waals surface area contributed by atoms with E-state index < -0.39 is 49.2 Å². The number of H-pyrrole nitrogens is 1. The van der Waals surface area contributed by atoms with Crippen LogP contribution >= 0.6 is 11.6 Å². The normalized spacial score (nSPS) is 13.5. The molecule has 1 heterocycles. The zero-order valence-corrected chi connectivity index (χ0v) is 16.0. The van der Waals surface area contributed by atoms with Gasteiger partial charge in [-0.15, -0.1) is 0 Å². The van der Waals surface area contributed by atoms with Gasteiger partial charge in [-0.1, -0.05) is 29.8 Å². The van der Waals surface area contributed by atoms with Crippen molar-refractivity contribution in [3.05, 3.63) is 69.4 Å². The van der Waals surface area contributed by atoms with Gasteiger partial charge in [-0.25, -0.2) is 8.42 Å². The predicted molar refractivity (Wildman–Crippen MR) is 100 cm³/mol. The number of nitrogens with zero attached hydrogens (tertiary/aromatic N) is 1. The average molecular weight is 448 g/mol. The highest BCUT2D eigenvalue weighted by molar-refractivity contribution is 7.89. The van der Waals surface area contributed by atoms with E-state index in [9.17, 15) is 31.7 Å². The van der Waals surface area contributed by atoms with E-state index >= 15 is 0 Å². The highest BCUT2D eigenvalue weighted by Crippen LogP contribution is 2.30. The number of para-hydroxylation sites is 1. The van der Waals surface area contributed by atoms with Crippen molar-refractivity contribution in [2.75, 3.05) is 0 Å². The minimum absolute atomic E-state index is 0.278. The van der Waals surface area contributed by atoms with Crippen LogP contribution < -0.4 is 4.72 Å². The number of rotatable bonds is 6. The summed E-state index contributed by atoms with van der Waals surface area (Å²) in [7, 11) is -4.71. The third-order valence-corrected chi connectivity index (χ3v) is 6.16. The molecule has 0 amide bonds. The number of aromatic amines is 1. The average Bonchev–Trinajstić information content (AvgIpc) is 3.03. The van der Waals surface area contributed by atoms with Crippen LogP contribution in [-0.2, 0) is 16.4 Å². The molecule has 154 valence electrons. The minimum Gasteiger partial charge on any atom is -0.361 e. The second-order valence-electron chi connectivity index (χ2n) is 6.15. The van der Waals surface area contributed by atoms with Crippen LogP contribution in [0.15, 0.2) is 53.6 Å². The smallest absolute Gasteiger partial charge is 0.361 e. The van der Waals surface area contributed by atoms with Gasteiger partial charge in [-0.2, -0.15) is 17.9 Å². The van der Waals surface area contributed by atoms with Crippen LogP contribution in [-0.4, -0.2) is 30.5 Å². The maximum Gasteiger partial charge on any atom is 0.405 e. The highest BCUT2D eigenvalue weighted by atomic mass is 35.5. The van der Waals surface area contributed by atoms with Crippen molar-refractivity contribution in [1.29, 1.82) is 0 Å². The van der Waals surface area contributed by atoms with Gasteiger partial charge in [0.05, 0.1) is 9.95 Å². The van der Waals surface area contributed by atoms with Crippen LogP contribution in [0.4, 0.5) is 18.9 Å². The summed E-state index contributed by atoms with van der Waals surface area (Å²) in [5.74, 6) is 0. The maximum absolute atomic E-state index is 13.6. The second kappa shape index (κ2) is 7.65. The number of nitro groups is 1. The van der Waals surface area contributed by atoms with Gasteiger partial charge in [0.1, 0.15) is 10.9 Å². The largest absolute Gasteiger partial charge is 0.405 e. The Labute approximate surface area is 167 Å². The number of alkyl halides is 3. The van der Waals surface area contributed by atoms with Crippen LogP contribution in [0.3, 0.4) is 0 Å². The molecule has 3 rings (SSSR count). The summed E-state index contributed by atoms with van der Waals surface area (Å²) in [6, 6.07) is 6.64. The molecule has 2 N–H and O–H groups in total. The highest BCUT2D eigenvalue weighted by Gasteiger charge is 2.43. The van der Waals surface area contributed by atoms with Crippen molar-refractivity contribution < 1.29 is 26.5 Å². The first-order chi connectivity index (χ1) is 13.5. The number of fused-ring (bicyclic) bond motifs is 1. The third kappa shape index (κ3) is 4.52. The van der Waals surface area contributed by atoms with Gasteiger partial charge in [0.15, 0.2) is 0 Å². The molecule has 3 aromatic rings. The molecule has 7 nitrogen and oxygen atoms in total. The fourth-order valence-corrected chi connectivity index (χ4v) is 4.58. The van der Waals surface area contributed by atoms with Gasteiger partial charge in [0, 0.05) is 29.2 Å². The lowest BCUT2D eigenvalue weighted by atomic mass is 10.1. The number of nitro benzene ring substituents is 1. The number of halogens is 4. The Morgan fingerprint density at radius 2 is 1.90 bits per heavy atom. The zero-order valence-electron chi connectivity index (χ0n) is 14.4. The summed E-state index contributed by atoms with van der Waals surface area (Å²) < 4.78 is 67.3. The van der Waals surface area contributed by atoms with Crippen LogP contribution in [0.1, 0.15) is 5.56 Å². The second-order valence-corrected chi connectivity index (χ2v) is 8.24. The first kappa shape index (κ1) is 21.1. The number of aromatic nitrogens is 1. The van der Waals surface area contributed by atoms with Gasteiger partial charge >= 0.3 is 6.18 Å². The standard InChI is InChI=1S/C17H13ClF3N3O4S/c18-13-8-11(24(25)26)5-6-15(13)29(27,28)23-16(17(19,20)21)7-10-9-22-14-4-2-1-3-12(10)14/h1-6,8-9,16,22-23H,7H2. The van der Waals surface area contributed by atoms with Crippen molar-refractivity contribution in [1.82, 2.24) is 9.71 Å².